The van der Waals surface area contributed by atoms with Crippen LogP contribution in [-0.2, 0) is 11.2 Å². The average molecular weight is 250 g/mol. The largest absolute Gasteiger partial charge is 0.469 e. The first-order valence-corrected chi connectivity index (χ1v) is 6.70. The van der Waals surface area contributed by atoms with E-state index in [9.17, 15) is 4.79 Å². The predicted molar refractivity (Wildman–Crippen MR) is 70.2 cm³/mol. The Balaban J connectivity index is 1.73. The highest BCUT2D eigenvalue weighted by Crippen LogP contribution is 2.16. The Morgan fingerprint density at radius 1 is 1.61 bits per heavy atom. The first-order chi connectivity index (χ1) is 8.66. The van der Waals surface area contributed by atoms with Gasteiger partial charge in [0.15, 0.2) is 0 Å². The van der Waals surface area contributed by atoms with Gasteiger partial charge >= 0.3 is 0 Å². The van der Waals surface area contributed by atoms with Crippen LogP contribution in [0.15, 0.2) is 22.8 Å². The van der Waals surface area contributed by atoms with Gasteiger partial charge < -0.3 is 15.1 Å². The molecule has 2 heterocycles. The molecule has 0 aromatic carbocycles. The van der Waals surface area contributed by atoms with Gasteiger partial charge in [0.1, 0.15) is 5.76 Å². The first-order valence-electron chi connectivity index (χ1n) is 6.70. The highest BCUT2D eigenvalue weighted by atomic mass is 16.3. The van der Waals surface area contributed by atoms with Gasteiger partial charge in [-0.25, -0.2) is 0 Å². The fourth-order valence-electron chi connectivity index (χ4n) is 2.40. The minimum atomic E-state index is 0.121. The lowest BCUT2D eigenvalue weighted by atomic mass is 9.97. The SMILES string of the molecule is CC(CCc1ccco1)NC(=O)C1CNCC1C. The first kappa shape index (κ1) is 13.1. The van der Waals surface area contributed by atoms with E-state index in [1.807, 2.05) is 19.1 Å². The highest BCUT2D eigenvalue weighted by molar-refractivity contribution is 5.79. The molecule has 1 aliphatic rings. The van der Waals surface area contributed by atoms with Crippen molar-refractivity contribution >= 4 is 5.91 Å². The van der Waals surface area contributed by atoms with E-state index in [0.29, 0.717) is 5.92 Å². The molecule has 1 saturated heterocycles. The third-order valence-corrected chi connectivity index (χ3v) is 3.65. The maximum atomic E-state index is 12.1. The summed E-state index contributed by atoms with van der Waals surface area (Å²) in [6, 6.07) is 4.05. The second kappa shape index (κ2) is 6.05. The molecule has 0 saturated carbocycles. The Kier molecular flexibility index (Phi) is 4.42. The molecule has 3 unspecified atom stereocenters. The minimum absolute atomic E-state index is 0.121. The van der Waals surface area contributed by atoms with Crippen LogP contribution < -0.4 is 10.6 Å². The maximum Gasteiger partial charge on any atom is 0.224 e. The zero-order valence-corrected chi connectivity index (χ0v) is 11.1. The van der Waals surface area contributed by atoms with Crippen LogP contribution in [0, 0.1) is 11.8 Å². The van der Waals surface area contributed by atoms with Crippen molar-refractivity contribution in [2.75, 3.05) is 13.1 Å². The Bertz CT molecular complexity index is 375. The smallest absolute Gasteiger partial charge is 0.224 e. The normalized spacial score (nSPS) is 25.0. The molecule has 0 aliphatic carbocycles. The van der Waals surface area contributed by atoms with Gasteiger partial charge in [-0.15, -0.1) is 0 Å². The van der Waals surface area contributed by atoms with Gasteiger partial charge in [-0.3, -0.25) is 4.79 Å². The molecule has 2 rings (SSSR count). The zero-order valence-electron chi connectivity index (χ0n) is 11.1. The summed E-state index contributed by atoms with van der Waals surface area (Å²) in [6.07, 6.45) is 3.46. The van der Waals surface area contributed by atoms with E-state index in [0.717, 1.165) is 31.7 Å². The van der Waals surface area contributed by atoms with E-state index in [4.69, 9.17) is 4.42 Å². The number of nitrogens with one attached hydrogen (secondary N) is 2. The van der Waals surface area contributed by atoms with Crippen molar-refractivity contribution in [1.82, 2.24) is 10.6 Å². The molecule has 1 aromatic heterocycles. The van der Waals surface area contributed by atoms with Crippen molar-refractivity contribution in [3.8, 4) is 0 Å². The summed E-state index contributed by atoms with van der Waals surface area (Å²) < 4.78 is 5.28. The Labute approximate surface area is 108 Å². The number of rotatable bonds is 5. The Morgan fingerprint density at radius 3 is 3.06 bits per heavy atom. The molecule has 1 amide bonds. The molecule has 18 heavy (non-hydrogen) atoms. The van der Waals surface area contributed by atoms with E-state index in [-0.39, 0.29) is 17.9 Å². The minimum Gasteiger partial charge on any atom is -0.469 e. The zero-order chi connectivity index (χ0) is 13.0. The number of carbonyl (C=O) groups is 1. The summed E-state index contributed by atoms with van der Waals surface area (Å²) in [5.41, 5.74) is 0. The van der Waals surface area contributed by atoms with Gasteiger partial charge in [0.05, 0.1) is 12.2 Å². The summed E-state index contributed by atoms with van der Waals surface area (Å²) in [6.45, 7) is 5.92. The highest BCUT2D eigenvalue weighted by Gasteiger charge is 2.29. The van der Waals surface area contributed by atoms with Gasteiger partial charge in [-0.1, -0.05) is 6.92 Å². The van der Waals surface area contributed by atoms with Crippen molar-refractivity contribution in [1.29, 1.82) is 0 Å². The van der Waals surface area contributed by atoms with Crippen LogP contribution in [-0.4, -0.2) is 25.0 Å². The second-order valence-electron chi connectivity index (χ2n) is 5.27. The van der Waals surface area contributed by atoms with Crippen molar-refractivity contribution in [2.45, 2.75) is 32.7 Å². The summed E-state index contributed by atoms with van der Waals surface area (Å²) in [7, 11) is 0. The van der Waals surface area contributed by atoms with Crippen LogP contribution in [0.3, 0.4) is 0 Å². The number of amides is 1. The Hall–Kier alpha value is -1.29. The van der Waals surface area contributed by atoms with Crippen molar-refractivity contribution in [3.05, 3.63) is 24.2 Å². The van der Waals surface area contributed by atoms with Crippen molar-refractivity contribution in [2.24, 2.45) is 11.8 Å². The second-order valence-corrected chi connectivity index (χ2v) is 5.27. The van der Waals surface area contributed by atoms with Crippen LogP contribution in [0.1, 0.15) is 26.0 Å². The van der Waals surface area contributed by atoms with Gasteiger partial charge in [0.25, 0.3) is 0 Å². The van der Waals surface area contributed by atoms with Gasteiger partial charge in [-0.2, -0.15) is 0 Å². The number of hydrogen-bond acceptors (Lipinski definition) is 3. The van der Waals surface area contributed by atoms with Crippen LogP contribution in [0.2, 0.25) is 0 Å². The summed E-state index contributed by atoms with van der Waals surface area (Å²) >= 11 is 0. The molecule has 0 spiro atoms. The standard InChI is InChI=1S/C14H22N2O2/c1-10-8-15-9-13(10)14(17)16-11(2)5-6-12-4-3-7-18-12/h3-4,7,10-11,13,15H,5-6,8-9H2,1-2H3,(H,16,17). The van der Waals surface area contributed by atoms with E-state index < -0.39 is 0 Å². The molecule has 1 aromatic rings. The fourth-order valence-corrected chi connectivity index (χ4v) is 2.40. The van der Waals surface area contributed by atoms with Gasteiger partial charge in [-0.05, 0) is 37.9 Å². The summed E-state index contributed by atoms with van der Waals surface area (Å²) in [5, 5.41) is 6.35. The molecule has 100 valence electrons. The van der Waals surface area contributed by atoms with Crippen molar-refractivity contribution < 1.29 is 9.21 Å². The van der Waals surface area contributed by atoms with E-state index in [1.165, 1.54) is 0 Å². The molecule has 1 fully saturated rings. The van der Waals surface area contributed by atoms with Crippen molar-refractivity contribution in [3.63, 3.8) is 0 Å². The molecule has 4 nitrogen and oxygen atoms in total. The number of hydrogen-bond donors (Lipinski definition) is 2. The van der Waals surface area contributed by atoms with E-state index in [1.54, 1.807) is 6.26 Å². The number of carbonyl (C=O) groups excluding carboxylic acids is 1. The molecular weight excluding hydrogens is 228 g/mol. The molecule has 4 heteroatoms. The Morgan fingerprint density at radius 2 is 2.44 bits per heavy atom. The number of aryl methyl sites for hydroxylation is 1. The monoisotopic (exact) mass is 250 g/mol. The third-order valence-electron chi connectivity index (χ3n) is 3.65. The summed E-state index contributed by atoms with van der Waals surface area (Å²) in [4.78, 5) is 12.1. The van der Waals surface area contributed by atoms with Gasteiger partial charge in [0.2, 0.25) is 5.91 Å². The lowest BCUT2D eigenvalue weighted by Gasteiger charge is -2.18. The maximum absolute atomic E-state index is 12.1. The van der Waals surface area contributed by atoms with E-state index in [2.05, 4.69) is 17.6 Å². The topological polar surface area (TPSA) is 54.3 Å². The molecule has 1 aliphatic heterocycles. The fraction of sp³-hybridized carbons (Fsp3) is 0.643. The predicted octanol–water partition coefficient (Wildman–Crippen LogP) is 1.57. The van der Waals surface area contributed by atoms with Gasteiger partial charge in [0, 0.05) is 19.0 Å². The molecule has 0 bridgehead atoms. The van der Waals surface area contributed by atoms with Crippen LogP contribution in [0.25, 0.3) is 0 Å². The average Bonchev–Trinajstić information content (AvgIpc) is 2.97. The lowest BCUT2D eigenvalue weighted by Crippen LogP contribution is -2.39. The molecule has 2 N–H and O–H groups in total. The summed E-state index contributed by atoms with van der Waals surface area (Å²) in [5.74, 6) is 1.71. The number of furan rings is 1. The third kappa shape index (κ3) is 3.35. The molecule has 3 atom stereocenters. The van der Waals surface area contributed by atoms with Crippen LogP contribution >= 0.6 is 0 Å². The molecule has 0 radical (unpaired) electrons. The molecular formula is C14H22N2O2. The lowest BCUT2D eigenvalue weighted by molar-refractivity contribution is -0.126. The van der Waals surface area contributed by atoms with Crippen LogP contribution in [0.4, 0.5) is 0 Å². The quantitative estimate of drug-likeness (QED) is 0.834. The van der Waals surface area contributed by atoms with E-state index >= 15 is 0 Å². The van der Waals surface area contributed by atoms with Crippen LogP contribution in [0.5, 0.6) is 0 Å².